The number of hydrogen-bond acceptors (Lipinski definition) is 8. The molecule has 180 valence electrons. The molecule has 0 spiro atoms. The van der Waals surface area contributed by atoms with Crippen LogP contribution in [-0.4, -0.2) is 61.9 Å². The summed E-state index contributed by atoms with van der Waals surface area (Å²) >= 11 is 0. The van der Waals surface area contributed by atoms with Gasteiger partial charge in [-0.3, -0.25) is 4.98 Å². The third-order valence-corrected chi connectivity index (χ3v) is 7.09. The van der Waals surface area contributed by atoms with Crippen LogP contribution in [0.4, 0.5) is 8.78 Å². The van der Waals surface area contributed by atoms with Crippen molar-refractivity contribution < 1.29 is 27.0 Å². The van der Waals surface area contributed by atoms with Crippen LogP contribution in [0.2, 0.25) is 0 Å². The quantitative estimate of drug-likeness (QED) is 0.362. The highest BCUT2D eigenvalue weighted by molar-refractivity contribution is 7.91. The minimum absolute atomic E-state index is 0.00226. The Balaban J connectivity index is 1.73. The molecule has 0 aliphatic heterocycles. The second kappa shape index (κ2) is 8.67. The van der Waals surface area contributed by atoms with Crippen LogP contribution in [0.1, 0.15) is 5.69 Å². The van der Waals surface area contributed by atoms with Gasteiger partial charge in [0.25, 0.3) is 0 Å². The average molecular weight is 500 g/mol. The second-order valence-corrected chi connectivity index (χ2v) is 9.69. The van der Waals surface area contributed by atoms with E-state index in [9.17, 15) is 17.2 Å². The summed E-state index contributed by atoms with van der Waals surface area (Å²) in [5, 5.41) is 18.5. The monoisotopic (exact) mass is 500 g/mol. The summed E-state index contributed by atoms with van der Waals surface area (Å²) in [7, 11) is -3.87. The number of pyridine rings is 1. The minimum Gasteiger partial charge on any atom is -0.433 e. The molecule has 1 aromatic carbocycles. The van der Waals surface area contributed by atoms with Crippen molar-refractivity contribution in [1.29, 1.82) is 0 Å². The molecule has 0 atom stereocenters. The Morgan fingerprint density at radius 2 is 2.00 bits per heavy atom. The Hall–Kier alpha value is -3.97. The fourth-order valence-corrected chi connectivity index (χ4v) is 4.83. The van der Waals surface area contributed by atoms with Gasteiger partial charge in [-0.25, -0.2) is 22.6 Å². The maximum absolute atomic E-state index is 13.2. The van der Waals surface area contributed by atoms with Gasteiger partial charge in [0.1, 0.15) is 5.69 Å². The average Bonchev–Trinajstić information content (AvgIpc) is 3.40. The number of ether oxygens (including phenoxy) is 1. The van der Waals surface area contributed by atoms with Crippen molar-refractivity contribution in [3.8, 4) is 22.7 Å². The zero-order valence-electron chi connectivity index (χ0n) is 18.2. The lowest BCUT2D eigenvalue weighted by Crippen LogP contribution is -2.12. The lowest BCUT2D eigenvalue weighted by Gasteiger charge is -2.14. The molecule has 5 aromatic rings. The lowest BCUT2D eigenvalue weighted by molar-refractivity contribution is -0.0499. The zero-order chi connectivity index (χ0) is 24.7. The van der Waals surface area contributed by atoms with E-state index in [1.165, 1.54) is 10.7 Å². The highest BCUT2D eigenvalue weighted by atomic mass is 32.2. The molecule has 0 amide bonds. The molecule has 1 N–H and O–H groups in total. The highest BCUT2D eigenvalue weighted by Gasteiger charge is 2.22. The first kappa shape index (κ1) is 22.8. The molecular formula is C22H18F2N6O4S. The van der Waals surface area contributed by atoms with Crippen LogP contribution in [0.3, 0.4) is 0 Å². The Labute approximate surface area is 197 Å². The summed E-state index contributed by atoms with van der Waals surface area (Å²) in [6.45, 7) is -2.00. The van der Waals surface area contributed by atoms with Gasteiger partial charge in [0.05, 0.1) is 45.9 Å². The third-order valence-electron chi connectivity index (χ3n) is 5.40. The third kappa shape index (κ3) is 4.08. The first-order valence-electron chi connectivity index (χ1n) is 10.4. The van der Waals surface area contributed by atoms with E-state index in [4.69, 9.17) is 5.11 Å². The topological polar surface area (TPSA) is 124 Å². The number of nitrogens with zero attached hydrogens (tertiary/aromatic N) is 6. The smallest absolute Gasteiger partial charge is 0.387 e. The number of aliphatic hydroxyl groups excluding tert-OH is 1. The summed E-state index contributed by atoms with van der Waals surface area (Å²) < 4.78 is 59.0. The maximum atomic E-state index is 13.2. The predicted molar refractivity (Wildman–Crippen MR) is 121 cm³/mol. The molecule has 4 heterocycles. The van der Waals surface area contributed by atoms with Gasteiger partial charge < -0.3 is 9.84 Å². The molecule has 35 heavy (non-hydrogen) atoms. The normalized spacial score (nSPS) is 12.1. The lowest BCUT2D eigenvalue weighted by atomic mass is 10.1. The van der Waals surface area contributed by atoms with Crippen LogP contribution in [0.25, 0.3) is 33.5 Å². The van der Waals surface area contributed by atoms with E-state index < -0.39 is 28.8 Å². The van der Waals surface area contributed by atoms with E-state index in [1.54, 1.807) is 48.4 Å². The van der Waals surface area contributed by atoms with Gasteiger partial charge in [0.15, 0.2) is 21.2 Å². The Morgan fingerprint density at radius 1 is 1.17 bits per heavy atom. The van der Waals surface area contributed by atoms with Gasteiger partial charge in [-0.1, -0.05) is 0 Å². The predicted octanol–water partition coefficient (Wildman–Crippen LogP) is 2.81. The number of rotatable bonds is 7. The number of sulfone groups is 1. The number of aryl methyl sites for hydroxylation is 1. The molecule has 0 radical (unpaired) electrons. The van der Waals surface area contributed by atoms with Crippen LogP contribution in [0, 0.1) is 6.92 Å². The minimum atomic E-state index is -3.87. The second-order valence-electron chi connectivity index (χ2n) is 7.58. The number of hydrogen-bond donors (Lipinski definition) is 1. The molecule has 13 heteroatoms. The van der Waals surface area contributed by atoms with Gasteiger partial charge in [-0.15, -0.1) is 0 Å². The number of aromatic nitrogens is 6. The Kier molecular flexibility index (Phi) is 5.65. The van der Waals surface area contributed by atoms with Crippen molar-refractivity contribution >= 4 is 26.4 Å². The van der Waals surface area contributed by atoms with Crippen LogP contribution in [-0.2, 0) is 9.84 Å². The summed E-state index contributed by atoms with van der Waals surface area (Å²) in [6.07, 6.45) is 6.57. The van der Waals surface area contributed by atoms with Crippen molar-refractivity contribution in [2.45, 2.75) is 18.4 Å². The summed E-state index contributed by atoms with van der Waals surface area (Å²) in [6, 6.07) is 6.93. The fraction of sp³-hybridized carbons (Fsp3) is 0.182. The molecular weight excluding hydrogens is 482 g/mol. The highest BCUT2D eigenvalue weighted by Crippen LogP contribution is 2.33. The first-order chi connectivity index (χ1) is 16.8. The summed E-state index contributed by atoms with van der Waals surface area (Å²) in [5.41, 5.74) is 2.75. The number of aliphatic hydroxyl groups is 1. The molecule has 0 aliphatic rings. The molecule has 0 fully saturated rings. The van der Waals surface area contributed by atoms with E-state index >= 15 is 0 Å². The van der Waals surface area contributed by atoms with Crippen molar-refractivity contribution in [3.05, 3.63) is 60.8 Å². The summed E-state index contributed by atoms with van der Waals surface area (Å²) in [5.74, 6) is -0.778. The number of halogens is 2. The number of fused-ring (bicyclic) bond motifs is 2. The van der Waals surface area contributed by atoms with Gasteiger partial charge in [-0.2, -0.15) is 19.0 Å². The molecule has 0 unspecified atom stereocenters. The van der Waals surface area contributed by atoms with Gasteiger partial charge in [0.2, 0.25) is 0 Å². The van der Waals surface area contributed by atoms with Crippen LogP contribution in [0.15, 0.2) is 60.0 Å². The molecule has 4 aromatic heterocycles. The van der Waals surface area contributed by atoms with Crippen molar-refractivity contribution in [2.75, 3.05) is 12.4 Å². The molecule has 10 nitrogen and oxygen atoms in total. The summed E-state index contributed by atoms with van der Waals surface area (Å²) in [4.78, 5) is 8.67. The molecule has 0 aliphatic carbocycles. The van der Waals surface area contributed by atoms with Crippen molar-refractivity contribution in [2.24, 2.45) is 0 Å². The van der Waals surface area contributed by atoms with E-state index in [-0.39, 0.29) is 16.3 Å². The number of benzene rings is 1. The van der Waals surface area contributed by atoms with Crippen LogP contribution < -0.4 is 4.74 Å². The molecule has 0 saturated heterocycles. The van der Waals surface area contributed by atoms with E-state index in [0.717, 1.165) is 12.1 Å². The standard InChI is InChI=1S/C22H18F2N6O4S/c1-13-15-11-26-17(16-12-27-29-6-2-5-25-21(16)29)10-18(15)30(28-13)19-9-14(35(32,33)8-7-31)3-4-20(19)34-22(23)24/h2-6,9-12,22,31H,7-8H2,1H3. The maximum Gasteiger partial charge on any atom is 0.387 e. The molecule has 0 bridgehead atoms. The van der Waals surface area contributed by atoms with Crippen LogP contribution >= 0.6 is 0 Å². The van der Waals surface area contributed by atoms with E-state index in [2.05, 4.69) is 24.9 Å². The molecule has 0 saturated carbocycles. The SMILES string of the molecule is Cc1nn(-c2cc(S(=O)(=O)CCO)ccc2OC(F)F)c2cc(-c3cnn4cccnc34)ncc12. The fourth-order valence-electron chi connectivity index (χ4n) is 3.79. The molecule has 5 rings (SSSR count). The first-order valence-corrected chi connectivity index (χ1v) is 12.0. The van der Waals surface area contributed by atoms with Gasteiger partial charge in [0, 0.05) is 24.0 Å². The van der Waals surface area contributed by atoms with Crippen molar-refractivity contribution in [1.82, 2.24) is 29.4 Å². The Bertz CT molecular complexity index is 1670. The Morgan fingerprint density at radius 3 is 2.77 bits per heavy atom. The van der Waals surface area contributed by atoms with Gasteiger partial charge >= 0.3 is 6.61 Å². The van der Waals surface area contributed by atoms with Crippen molar-refractivity contribution in [3.63, 3.8) is 0 Å². The zero-order valence-corrected chi connectivity index (χ0v) is 19.0. The van der Waals surface area contributed by atoms with Gasteiger partial charge in [-0.05, 0) is 37.3 Å². The van der Waals surface area contributed by atoms with Crippen LogP contribution in [0.5, 0.6) is 5.75 Å². The van der Waals surface area contributed by atoms with E-state index in [0.29, 0.717) is 33.5 Å². The van der Waals surface area contributed by atoms with E-state index in [1.807, 2.05) is 0 Å². The largest absolute Gasteiger partial charge is 0.433 e. The number of alkyl halides is 2.